The van der Waals surface area contributed by atoms with E-state index in [1.165, 1.54) is 0 Å². The Morgan fingerprint density at radius 2 is 2.09 bits per heavy atom. The van der Waals surface area contributed by atoms with Crippen molar-refractivity contribution in [3.8, 4) is 0 Å². The average Bonchev–Trinajstić information content (AvgIpc) is 2.48. The van der Waals surface area contributed by atoms with Crippen LogP contribution >= 0.6 is 0 Å². The Balaban J connectivity index is 2.24. The number of nitrogens with one attached hydrogen (secondary N) is 1. The molecule has 120 valence electrons. The first-order valence-electron chi connectivity index (χ1n) is 7.33. The molecule has 0 unspecified atom stereocenters. The first-order valence-corrected chi connectivity index (χ1v) is 7.33. The molecular formula is C16H22N2O4. The number of hydrogen-bond acceptors (Lipinski definition) is 4. The Hall–Kier alpha value is -1.92. The molecule has 0 radical (unpaired) electrons. The predicted molar refractivity (Wildman–Crippen MR) is 80.8 cm³/mol. The van der Waals surface area contributed by atoms with Crippen molar-refractivity contribution in [3.63, 3.8) is 0 Å². The third kappa shape index (κ3) is 3.13. The van der Waals surface area contributed by atoms with E-state index in [1.54, 1.807) is 6.92 Å². The van der Waals surface area contributed by atoms with Crippen molar-refractivity contribution >= 4 is 11.9 Å². The highest BCUT2D eigenvalue weighted by atomic mass is 16.4. The zero-order valence-electron chi connectivity index (χ0n) is 12.6. The van der Waals surface area contributed by atoms with Gasteiger partial charge >= 0.3 is 5.97 Å². The summed E-state index contributed by atoms with van der Waals surface area (Å²) in [6.45, 7) is 1.62. The van der Waals surface area contributed by atoms with E-state index in [1.807, 2.05) is 30.3 Å². The Morgan fingerprint density at radius 1 is 1.45 bits per heavy atom. The molecule has 6 nitrogen and oxygen atoms in total. The van der Waals surface area contributed by atoms with Crippen LogP contribution < -0.4 is 11.1 Å². The van der Waals surface area contributed by atoms with Crippen molar-refractivity contribution in [1.29, 1.82) is 0 Å². The number of carbonyl (C=O) groups is 2. The van der Waals surface area contributed by atoms with E-state index in [0.29, 0.717) is 0 Å². The van der Waals surface area contributed by atoms with Gasteiger partial charge < -0.3 is 21.3 Å². The van der Waals surface area contributed by atoms with Gasteiger partial charge in [-0.15, -0.1) is 0 Å². The number of carboxylic acids is 1. The highest BCUT2D eigenvalue weighted by Crippen LogP contribution is 2.40. The second-order valence-electron chi connectivity index (χ2n) is 6.11. The summed E-state index contributed by atoms with van der Waals surface area (Å²) in [7, 11) is 0. The van der Waals surface area contributed by atoms with Crippen molar-refractivity contribution < 1.29 is 19.8 Å². The number of aliphatic hydroxyl groups is 1. The van der Waals surface area contributed by atoms with Crippen LogP contribution in [0.1, 0.15) is 25.3 Å². The third-order valence-corrected chi connectivity index (χ3v) is 4.73. The summed E-state index contributed by atoms with van der Waals surface area (Å²) >= 11 is 0. The molecule has 1 heterocycles. The summed E-state index contributed by atoms with van der Waals surface area (Å²) in [6, 6.07) is 9.20. The quantitative estimate of drug-likeness (QED) is 0.592. The molecule has 0 bridgehead atoms. The fourth-order valence-corrected chi connectivity index (χ4v) is 3.06. The molecule has 6 heteroatoms. The number of amides is 1. The highest BCUT2D eigenvalue weighted by molar-refractivity contribution is 5.82. The molecule has 1 aromatic carbocycles. The molecule has 5 N–H and O–H groups in total. The van der Waals surface area contributed by atoms with Gasteiger partial charge in [-0.05, 0) is 12.0 Å². The van der Waals surface area contributed by atoms with Crippen LogP contribution in [-0.4, -0.2) is 34.4 Å². The maximum absolute atomic E-state index is 11.8. The van der Waals surface area contributed by atoms with E-state index in [-0.39, 0.29) is 31.7 Å². The number of rotatable bonds is 5. The van der Waals surface area contributed by atoms with Gasteiger partial charge in [-0.2, -0.15) is 0 Å². The van der Waals surface area contributed by atoms with Gasteiger partial charge in [-0.3, -0.25) is 9.59 Å². The number of benzene rings is 1. The van der Waals surface area contributed by atoms with Crippen LogP contribution in [0.15, 0.2) is 30.3 Å². The minimum absolute atomic E-state index is 0.0172. The highest BCUT2D eigenvalue weighted by Gasteiger charge is 2.52. The number of hydrogen-bond donors (Lipinski definition) is 4. The van der Waals surface area contributed by atoms with Gasteiger partial charge in [-0.25, -0.2) is 0 Å². The first kappa shape index (κ1) is 16.5. The molecule has 0 saturated carbocycles. The van der Waals surface area contributed by atoms with Crippen molar-refractivity contribution in [1.82, 2.24) is 5.32 Å². The second-order valence-corrected chi connectivity index (χ2v) is 6.11. The van der Waals surface area contributed by atoms with Gasteiger partial charge in [0.15, 0.2) is 0 Å². The summed E-state index contributed by atoms with van der Waals surface area (Å²) in [5.74, 6) is -1.94. The molecule has 0 aliphatic carbocycles. The van der Waals surface area contributed by atoms with Gasteiger partial charge in [0.2, 0.25) is 5.91 Å². The fraction of sp³-hybridized carbons (Fsp3) is 0.500. The van der Waals surface area contributed by atoms with E-state index >= 15 is 0 Å². The lowest BCUT2D eigenvalue weighted by molar-refractivity contribution is -0.165. The summed E-state index contributed by atoms with van der Waals surface area (Å²) in [6.07, 6.45) is 0.444. The maximum atomic E-state index is 11.8. The van der Waals surface area contributed by atoms with Crippen LogP contribution in [0.2, 0.25) is 0 Å². The standard InChI is InChI=1S/C16H22N2O4/c1-11(15(14(20)21)8-7-13(19)18-10-15)16(17,22)9-12-5-3-2-4-6-12/h2-6,11,22H,7-10,17H2,1H3,(H,18,19)(H,20,21)/t11-,15+,16-/m0/s1. The summed E-state index contributed by atoms with van der Waals surface area (Å²) < 4.78 is 0. The Labute approximate surface area is 129 Å². The summed E-state index contributed by atoms with van der Waals surface area (Å²) in [4.78, 5) is 23.1. The third-order valence-electron chi connectivity index (χ3n) is 4.73. The van der Waals surface area contributed by atoms with Crippen LogP contribution in [0.5, 0.6) is 0 Å². The van der Waals surface area contributed by atoms with Gasteiger partial charge in [0.05, 0.1) is 5.41 Å². The molecule has 0 aromatic heterocycles. The number of piperidine rings is 1. The van der Waals surface area contributed by atoms with E-state index in [4.69, 9.17) is 5.73 Å². The monoisotopic (exact) mass is 306 g/mol. The summed E-state index contributed by atoms with van der Waals surface area (Å²) in [5.41, 5.74) is 3.96. The molecule has 1 aliphatic heterocycles. The normalized spacial score (nSPS) is 25.9. The van der Waals surface area contributed by atoms with Crippen molar-refractivity contribution in [2.75, 3.05) is 6.54 Å². The molecule has 1 fully saturated rings. The molecule has 1 aromatic rings. The number of nitrogens with two attached hydrogens (primary N) is 1. The lowest BCUT2D eigenvalue weighted by Crippen LogP contribution is -2.61. The van der Waals surface area contributed by atoms with Crippen LogP contribution in [0.3, 0.4) is 0 Å². The Morgan fingerprint density at radius 3 is 2.59 bits per heavy atom. The van der Waals surface area contributed by atoms with Gasteiger partial charge in [-0.1, -0.05) is 37.3 Å². The van der Waals surface area contributed by atoms with E-state index in [2.05, 4.69) is 5.32 Å². The van der Waals surface area contributed by atoms with Crippen LogP contribution in [-0.2, 0) is 16.0 Å². The average molecular weight is 306 g/mol. The maximum Gasteiger partial charge on any atom is 0.311 e. The van der Waals surface area contributed by atoms with Crippen molar-refractivity contribution in [2.24, 2.45) is 17.1 Å². The predicted octanol–water partition coefficient (Wildman–Crippen LogP) is 0.494. The lowest BCUT2D eigenvalue weighted by Gasteiger charge is -2.44. The molecule has 2 rings (SSSR count). The van der Waals surface area contributed by atoms with Crippen LogP contribution in [0.25, 0.3) is 0 Å². The zero-order valence-corrected chi connectivity index (χ0v) is 12.6. The molecular weight excluding hydrogens is 284 g/mol. The minimum atomic E-state index is -1.68. The molecule has 1 amide bonds. The van der Waals surface area contributed by atoms with Gasteiger partial charge in [0, 0.05) is 25.3 Å². The SMILES string of the molecule is C[C@@H]([C@@]1(C(=O)O)CCC(=O)NC1)[C@@](N)(O)Cc1ccccc1. The number of carbonyl (C=O) groups excluding carboxylic acids is 1. The topological polar surface area (TPSA) is 113 Å². The Bertz CT molecular complexity index is 547. The minimum Gasteiger partial charge on any atom is -0.481 e. The second kappa shape index (κ2) is 6.06. The van der Waals surface area contributed by atoms with E-state index in [0.717, 1.165) is 5.56 Å². The van der Waals surface area contributed by atoms with E-state index < -0.39 is 23.0 Å². The molecule has 3 atom stereocenters. The molecule has 1 saturated heterocycles. The van der Waals surface area contributed by atoms with Crippen LogP contribution in [0, 0.1) is 11.3 Å². The van der Waals surface area contributed by atoms with Crippen molar-refractivity contribution in [2.45, 2.75) is 31.9 Å². The van der Waals surface area contributed by atoms with Crippen molar-refractivity contribution in [3.05, 3.63) is 35.9 Å². The van der Waals surface area contributed by atoms with Gasteiger partial charge in [0.25, 0.3) is 0 Å². The molecule has 22 heavy (non-hydrogen) atoms. The lowest BCUT2D eigenvalue weighted by atomic mass is 9.66. The number of aliphatic carboxylic acids is 1. The Kier molecular flexibility index (Phi) is 4.53. The van der Waals surface area contributed by atoms with Crippen LogP contribution in [0.4, 0.5) is 0 Å². The number of carboxylic acid groups (broad SMARTS) is 1. The first-order chi connectivity index (χ1) is 10.3. The molecule has 0 spiro atoms. The van der Waals surface area contributed by atoms with Gasteiger partial charge in [0.1, 0.15) is 5.72 Å². The zero-order chi connectivity index (χ0) is 16.4. The molecule has 1 aliphatic rings. The smallest absolute Gasteiger partial charge is 0.311 e. The largest absolute Gasteiger partial charge is 0.481 e. The summed E-state index contributed by atoms with van der Waals surface area (Å²) in [5, 5.41) is 22.9. The fourth-order valence-electron chi connectivity index (χ4n) is 3.06. The van der Waals surface area contributed by atoms with E-state index in [9.17, 15) is 19.8 Å².